The number of fused-ring (bicyclic) bond motifs is 6. The third-order valence-electron chi connectivity index (χ3n) is 9.71. The van der Waals surface area contributed by atoms with Crippen molar-refractivity contribution < 1.29 is 0 Å². The van der Waals surface area contributed by atoms with Crippen LogP contribution >= 0.6 is 0 Å². The first-order valence-corrected chi connectivity index (χ1v) is 15.8. The van der Waals surface area contributed by atoms with Gasteiger partial charge in [-0.15, -0.1) is 0 Å². The van der Waals surface area contributed by atoms with E-state index in [9.17, 15) is 0 Å². The second kappa shape index (κ2) is 10.3. The van der Waals surface area contributed by atoms with Crippen LogP contribution in [0.2, 0.25) is 0 Å². The molecule has 0 saturated carbocycles. The lowest BCUT2D eigenvalue weighted by atomic mass is 9.87. The van der Waals surface area contributed by atoms with Crippen LogP contribution < -0.4 is 0 Å². The SMILES string of the molecule is C=Cc1cc(-c2cc(-c3ccccc3)cc(-c3ccc4c(c3)cc3c5c(cccc54)-c4ccccc4-3)c2)c2ccccc2c1C=C. The Balaban J connectivity index is 1.30. The van der Waals surface area contributed by atoms with Gasteiger partial charge in [-0.25, -0.2) is 0 Å². The summed E-state index contributed by atoms with van der Waals surface area (Å²) in [6.07, 6.45) is 3.89. The summed E-state index contributed by atoms with van der Waals surface area (Å²) in [5, 5.41) is 7.63. The van der Waals surface area contributed by atoms with Gasteiger partial charge in [-0.2, -0.15) is 0 Å². The van der Waals surface area contributed by atoms with Crippen molar-refractivity contribution in [3.8, 4) is 55.6 Å². The molecule has 0 heterocycles. The standard InChI is InChI=1S/C46H30/c1-3-29-27-44(40-17-10-8-15-38(40)36(29)4-2)34-25-32(30-13-6-5-7-14-30)24-33(26-34)31-21-22-37-35(23-31)28-45-41-18-11-9-16-39(41)43-20-12-19-42(37)46(43)45/h3-28H,1-2H2. The quantitative estimate of drug-likeness (QED) is 0.177. The summed E-state index contributed by atoms with van der Waals surface area (Å²) in [6, 6.07) is 53.5. The maximum Gasteiger partial charge on any atom is -0.00199 e. The van der Waals surface area contributed by atoms with Crippen molar-refractivity contribution in [2.45, 2.75) is 0 Å². The third-order valence-corrected chi connectivity index (χ3v) is 9.71. The lowest BCUT2D eigenvalue weighted by Gasteiger charge is -2.16. The Hall–Kier alpha value is -5.98. The van der Waals surface area contributed by atoms with Gasteiger partial charge >= 0.3 is 0 Å². The first kappa shape index (κ1) is 26.4. The minimum absolute atomic E-state index is 1.09. The van der Waals surface area contributed by atoms with Crippen LogP contribution in [0.25, 0.3) is 100 Å². The topological polar surface area (TPSA) is 0 Å². The van der Waals surface area contributed by atoms with E-state index in [1.165, 1.54) is 88.0 Å². The van der Waals surface area contributed by atoms with Crippen molar-refractivity contribution in [3.05, 3.63) is 170 Å². The highest BCUT2D eigenvalue weighted by atomic mass is 14.3. The van der Waals surface area contributed by atoms with Crippen molar-refractivity contribution in [2.24, 2.45) is 0 Å². The highest BCUT2D eigenvalue weighted by molar-refractivity contribution is 6.23. The van der Waals surface area contributed by atoms with Crippen molar-refractivity contribution in [1.29, 1.82) is 0 Å². The van der Waals surface area contributed by atoms with Crippen LogP contribution in [0.3, 0.4) is 0 Å². The molecule has 46 heavy (non-hydrogen) atoms. The van der Waals surface area contributed by atoms with Gasteiger partial charge in [-0.3, -0.25) is 0 Å². The summed E-state index contributed by atoms with van der Waals surface area (Å²) in [6.45, 7) is 8.27. The van der Waals surface area contributed by atoms with E-state index < -0.39 is 0 Å². The molecule has 0 aliphatic heterocycles. The fourth-order valence-corrected chi connectivity index (χ4v) is 7.59. The summed E-state index contributed by atoms with van der Waals surface area (Å²) in [5.74, 6) is 0. The molecule has 0 bridgehead atoms. The second-order valence-electron chi connectivity index (χ2n) is 12.2. The van der Waals surface area contributed by atoms with Crippen LogP contribution in [0, 0.1) is 0 Å². The zero-order chi connectivity index (χ0) is 30.8. The molecule has 0 heteroatoms. The van der Waals surface area contributed by atoms with Crippen molar-refractivity contribution in [2.75, 3.05) is 0 Å². The Morgan fingerprint density at radius 2 is 1.00 bits per heavy atom. The third kappa shape index (κ3) is 3.94. The first-order chi connectivity index (χ1) is 22.7. The Morgan fingerprint density at radius 3 is 1.78 bits per heavy atom. The van der Waals surface area contributed by atoms with E-state index in [0.717, 1.165) is 11.1 Å². The molecule has 0 N–H and O–H groups in total. The molecule has 0 atom stereocenters. The molecule has 0 nitrogen and oxygen atoms in total. The molecular formula is C46H30. The van der Waals surface area contributed by atoms with E-state index in [2.05, 4.69) is 159 Å². The Bertz CT molecular complexity index is 2550. The summed E-state index contributed by atoms with van der Waals surface area (Å²) in [7, 11) is 0. The van der Waals surface area contributed by atoms with Gasteiger partial charge in [0.05, 0.1) is 0 Å². The van der Waals surface area contributed by atoms with Gasteiger partial charge in [0, 0.05) is 0 Å². The summed E-state index contributed by atoms with van der Waals surface area (Å²) in [4.78, 5) is 0. The Kier molecular flexibility index (Phi) is 5.91. The molecule has 9 rings (SSSR count). The van der Waals surface area contributed by atoms with Crippen LogP contribution in [0.15, 0.2) is 159 Å². The molecule has 0 radical (unpaired) electrons. The zero-order valence-corrected chi connectivity index (χ0v) is 25.4. The largest absolute Gasteiger partial charge is 0.0984 e. The number of rotatable bonds is 5. The van der Waals surface area contributed by atoms with E-state index in [-0.39, 0.29) is 0 Å². The lowest BCUT2D eigenvalue weighted by Crippen LogP contribution is -1.91. The Labute approximate surface area is 269 Å². The summed E-state index contributed by atoms with van der Waals surface area (Å²) >= 11 is 0. The van der Waals surface area contributed by atoms with Crippen molar-refractivity contribution >= 4 is 44.5 Å². The highest BCUT2D eigenvalue weighted by Crippen LogP contribution is 2.49. The molecule has 0 spiro atoms. The zero-order valence-electron chi connectivity index (χ0n) is 25.4. The predicted molar refractivity (Wildman–Crippen MR) is 200 cm³/mol. The van der Waals surface area contributed by atoms with E-state index >= 15 is 0 Å². The maximum absolute atomic E-state index is 4.15. The fourth-order valence-electron chi connectivity index (χ4n) is 7.59. The van der Waals surface area contributed by atoms with Crippen LogP contribution in [-0.4, -0.2) is 0 Å². The minimum atomic E-state index is 1.09. The Morgan fingerprint density at radius 1 is 0.348 bits per heavy atom. The van der Waals surface area contributed by atoms with Gasteiger partial charge in [0.15, 0.2) is 0 Å². The van der Waals surface area contributed by atoms with Crippen LogP contribution in [0.5, 0.6) is 0 Å². The van der Waals surface area contributed by atoms with Crippen LogP contribution in [-0.2, 0) is 0 Å². The molecule has 8 aromatic carbocycles. The average Bonchev–Trinajstić information content (AvgIpc) is 3.45. The van der Waals surface area contributed by atoms with Gasteiger partial charge in [-0.1, -0.05) is 135 Å². The van der Waals surface area contributed by atoms with E-state index in [4.69, 9.17) is 0 Å². The lowest BCUT2D eigenvalue weighted by molar-refractivity contribution is 1.58. The molecule has 1 aliphatic carbocycles. The molecular weight excluding hydrogens is 553 g/mol. The predicted octanol–water partition coefficient (Wildman–Crippen LogP) is 13.1. The monoisotopic (exact) mass is 582 g/mol. The van der Waals surface area contributed by atoms with E-state index in [1.54, 1.807) is 0 Å². The maximum atomic E-state index is 4.15. The molecule has 0 fully saturated rings. The van der Waals surface area contributed by atoms with Gasteiger partial charge in [0.2, 0.25) is 0 Å². The first-order valence-electron chi connectivity index (χ1n) is 15.8. The van der Waals surface area contributed by atoms with Gasteiger partial charge < -0.3 is 0 Å². The van der Waals surface area contributed by atoms with Crippen molar-refractivity contribution in [1.82, 2.24) is 0 Å². The van der Waals surface area contributed by atoms with Gasteiger partial charge in [-0.05, 0) is 135 Å². The molecule has 0 saturated heterocycles. The van der Waals surface area contributed by atoms with Crippen LogP contribution in [0.4, 0.5) is 0 Å². The minimum Gasteiger partial charge on any atom is -0.0984 e. The molecule has 1 aliphatic rings. The van der Waals surface area contributed by atoms with E-state index in [1.807, 2.05) is 12.2 Å². The highest BCUT2D eigenvalue weighted by Gasteiger charge is 2.22. The average molecular weight is 583 g/mol. The van der Waals surface area contributed by atoms with Gasteiger partial charge in [0.1, 0.15) is 0 Å². The number of hydrogen-bond acceptors (Lipinski definition) is 0. The van der Waals surface area contributed by atoms with Crippen molar-refractivity contribution in [3.63, 3.8) is 0 Å². The molecule has 214 valence electrons. The number of benzene rings is 8. The number of hydrogen-bond donors (Lipinski definition) is 0. The van der Waals surface area contributed by atoms with E-state index in [0.29, 0.717) is 0 Å². The molecule has 8 aromatic rings. The van der Waals surface area contributed by atoms with Gasteiger partial charge in [0.25, 0.3) is 0 Å². The summed E-state index contributed by atoms with van der Waals surface area (Å²) < 4.78 is 0. The molecule has 0 unspecified atom stereocenters. The smallest absolute Gasteiger partial charge is 0.00199 e. The molecule has 0 aromatic heterocycles. The fraction of sp³-hybridized carbons (Fsp3) is 0. The molecule has 0 amide bonds. The summed E-state index contributed by atoms with van der Waals surface area (Å²) in [5.41, 5.74) is 14.7. The second-order valence-corrected chi connectivity index (χ2v) is 12.2. The normalized spacial score (nSPS) is 11.7. The van der Waals surface area contributed by atoms with Crippen LogP contribution in [0.1, 0.15) is 11.1 Å².